The minimum absolute atomic E-state index is 0.379. The van der Waals surface area contributed by atoms with Crippen molar-refractivity contribution in [1.29, 1.82) is 0 Å². The normalized spacial score (nSPS) is 11.3. The molecule has 0 bridgehead atoms. The van der Waals surface area contributed by atoms with Gasteiger partial charge in [0.05, 0.1) is 10.6 Å². The molecule has 2 aromatic rings. The molecule has 0 saturated heterocycles. The summed E-state index contributed by atoms with van der Waals surface area (Å²) in [5.74, 6) is -2.47. The fourth-order valence-corrected chi connectivity index (χ4v) is 2.50. The minimum atomic E-state index is -4.17. The molecule has 100 valence electrons. The van der Waals surface area contributed by atoms with E-state index in [1.165, 1.54) is 6.07 Å². The molecule has 0 amide bonds. The lowest BCUT2D eigenvalue weighted by Crippen LogP contribution is -2.14. The second-order valence-electron chi connectivity index (χ2n) is 3.69. The van der Waals surface area contributed by atoms with Crippen molar-refractivity contribution in [2.45, 2.75) is 4.90 Å². The van der Waals surface area contributed by atoms with Gasteiger partial charge in [0.25, 0.3) is 10.0 Å². The molecule has 0 radical (unpaired) electrons. The quantitative estimate of drug-likeness (QED) is 0.943. The number of halogens is 3. The third-order valence-corrected chi connectivity index (χ3v) is 3.64. The summed E-state index contributed by atoms with van der Waals surface area (Å²) in [6.45, 7) is 0. The van der Waals surface area contributed by atoms with E-state index in [9.17, 15) is 21.6 Å². The van der Waals surface area contributed by atoms with E-state index < -0.39 is 33.2 Å². The smallest absolute Gasteiger partial charge is 0.262 e. The van der Waals surface area contributed by atoms with E-state index in [1.807, 2.05) is 4.72 Å². The Hall–Kier alpha value is -2.02. The molecular weight excluding hydrogens is 279 g/mol. The average molecular weight is 287 g/mol. The van der Waals surface area contributed by atoms with Crippen LogP contribution in [0, 0.1) is 17.5 Å². The van der Waals surface area contributed by atoms with Gasteiger partial charge in [0, 0.05) is 6.07 Å². The number of rotatable bonds is 3. The number of anilines is 1. The Balaban J connectivity index is 2.39. The average Bonchev–Trinajstić information content (AvgIpc) is 2.33. The number of sulfonamides is 1. The fourth-order valence-electron chi connectivity index (χ4n) is 1.41. The highest BCUT2D eigenvalue weighted by Gasteiger charge is 2.17. The Labute approximate surface area is 107 Å². The number of benzene rings is 2. The first-order chi connectivity index (χ1) is 8.88. The van der Waals surface area contributed by atoms with Gasteiger partial charge in [-0.3, -0.25) is 4.72 Å². The van der Waals surface area contributed by atoms with Crippen LogP contribution in [0.25, 0.3) is 0 Å². The SMILES string of the molecule is O=S(=O)(Nc1cc(F)ccc1F)c1cccc(F)c1. The van der Waals surface area contributed by atoms with Gasteiger partial charge in [0.1, 0.15) is 17.5 Å². The van der Waals surface area contributed by atoms with E-state index in [2.05, 4.69) is 0 Å². The van der Waals surface area contributed by atoms with E-state index in [-0.39, 0.29) is 4.90 Å². The highest BCUT2D eigenvalue weighted by molar-refractivity contribution is 7.92. The molecule has 19 heavy (non-hydrogen) atoms. The zero-order valence-corrected chi connectivity index (χ0v) is 10.2. The van der Waals surface area contributed by atoms with Gasteiger partial charge in [-0.2, -0.15) is 0 Å². The molecule has 0 spiro atoms. The van der Waals surface area contributed by atoms with Crippen LogP contribution >= 0.6 is 0 Å². The third-order valence-electron chi connectivity index (χ3n) is 2.28. The summed E-state index contributed by atoms with van der Waals surface area (Å²) in [7, 11) is -4.17. The van der Waals surface area contributed by atoms with E-state index in [0.717, 1.165) is 30.3 Å². The maximum atomic E-state index is 13.3. The predicted molar refractivity (Wildman–Crippen MR) is 63.6 cm³/mol. The first-order valence-electron chi connectivity index (χ1n) is 5.12. The topological polar surface area (TPSA) is 46.2 Å². The van der Waals surface area contributed by atoms with Crippen LogP contribution in [0.15, 0.2) is 47.4 Å². The predicted octanol–water partition coefficient (Wildman–Crippen LogP) is 2.90. The van der Waals surface area contributed by atoms with Crippen LogP contribution in [0.2, 0.25) is 0 Å². The minimum Gasteiger partial charge on any atom is -0.277 e. The zero-order chi connectivity index (χ0) is 14.0. The van der Waals surface area contributed by atoms with Gasteiger partial charge in [0.15, 0.2) is 0 Å². The van der Waals surface area contributed by atoms with E-state index in [0.29, 0.717) is 6.07 Å². The van der Waals surface area contributed by atoms with Crippen molar-refractivity contribution in [1.82, 2.24) is 0 Å². The van der Waals surface area contributed by atoms with Gasteiger partial charge in [-0.15, -0.1) is 0 Å². The monoisotopic (exact) mass is 287 g/mol. The highest BCUT2D eigenvalue weighted by Crippen LogP contribution is 2.20. The Morgan fingerprint density at radius 3 is 2.26 bits per heavy atom. The van der Waals surface area contributed by atoms with Crippen molar-refractivity contribution < 1.29 is 21.6 Å². The van der Waals surface area contributed by atoms with Crippen molar-refractivity contribution >= 4 is 15.7 Å². The van der Waals surface area contributed by atoms with Crippen molar-refractivity contribution in [2.75, 3.05) is 4.72 Å². The van der Waals surface area contributed by atoms with Gasteiger partial charge in [-0.25, -0.2) is 21.6 Å². The van der Waals surface area contributed by atoms with Crippen LogP contribution < -0.4 is 4.72 Å². The molecule has 0 unspecified atom stereocenters. The Kier molecular flexibility index (Phi) is 3.48. The van der Waals surface area contributed by atoms with Crippen molar-refractivity contribution in [2.24, 2.45) is 0 Å². The first kappa shape index (κ1) is 13.4. The summed E-state index contributed by atoms with van der Waals surface area (Å²) in [6, 6.07) is 6.54. The van der Waals surface area contributed by atoms with Crippen LogP contribution in [0.1, 0.15) is 0 Å². The van der Waals surface area contributed by atoms with E-state index in [4.69, 9.17) is 0 Å². The van der Waals surface area contributed by atoms with Crippen LogP contribution in [0.4, 0.5) is 18.9 Å². The molecule has 1 N–H and O–H groups in total. The van der Waals surface area contributed by atoms with Crippen LogP contribution in [0.3, 0.4) is 0 Å². The molecule has 0 saturated carbocycles. The molecular formula is C12H8F3NO2S. The van der Waals surface area contributed by atoms with Gasteiger partial charge < -0.3 is 0 Å². The summed E-state index contributed by atoms with van der Waals surface area (Å²) in [5.41, 5.74) is -0.538. The Morgan fingerprint density at radius 2 is 1.58 bits per heavy atom. The number of hydrogen-bond acceptors (Lipinski definition) is 2. The van der Waals surface area contributed by atoms with Crippen molar-refractivity contribution in [3.8, 4) is 0 Å². The van der Waals surface area contributed by atoms with Crippen molar-refractivity contribution in [3.63, 3.8) is 0 Å². The first-order valence-corrected chi connectivity index (χ1v) is 6.60. The lowest BCUT2D eigenvalue weighted by molar-refractivity contribution is 0.591. The molecule has 0 atom stereocenters. The summed E-state index contributed by atoms with van der Waals surface area (Å²) < 4.78 is 64.8. The number of nitrogens with one attached hydrogen (secondary N) is 1. The third kappa shape index (κ3) is 3.05. The second-order valence-corrected chi connectivity index (χ2v) is 5.37. The lowest BCUT2D eigenvalue weighted by atomic mass is 10.3. The van der Waals surface area contributed by atoms with Gasteiger partial charge in [-0.05, 0) is 30.3 Å². The molecule has 7 heteroatoms. The van der Waals surface area contributed by atoms with Crippen molar-refractivity contribution in [3.05, 3.63) is 59.9 Å². The van der Waals surface area contributed by atoms with Gasteiger partial charge in [0.2, 0.25) is 0 Å². The Morgan fingerprint density at radius 1 is 0.895 bits per heavy atom. The van der Waals surface area contributed by atoms with Gasteiger partial charge in [-0.1, -0.05) is 6.07 Å². The maximum absolute atomic E-state index is 13.3. The molecule has 0 aliphatic rings. The highest BCUT2D eigenvalue weighted by atomic mass is 32.2. The molecule has 0 aromatic heterocycles. The Bertz CT molecular complexity index is 717. The fraction of sp³-hybridized carbons (Fsp3) is 0. The van der Waals surface area contributed by atoms with Crippen LogP contribution in [-0.2, 0) is 10.0 Å². The lowest BCUT2D eigenvalue weighted by Gasteiger charge is -2.09. The van der Waals surface area contributed by atoms with E-state index in [1.54, 1.807) is 0 Å². The molecule has 2 aromatic carbocycles. The second kappa shape index (κ2) is 4.93. The molecule has 3 nitrogen and oxygen atoms in total. The molecule has 2 rings (SSSR count). The molecule has 0 heterocycles. The van der Waals surface area contributed by atoms with Crippen LogP contribution in [0.5, 0.6) is 0 Å². The largest absolute Gasteiger partial charge is 0.277 e. The maximum Gasteiger partial charge on any atom is 0.262 e. The summed E-state index contributed by atoms with van der Waals surface area (Å²) in [4.78, 5) is -0.379. The summed E-state index contributed by atoms with van der Waals surface area (Å²) in [6.07, 6.45) is 0. The zero-order valence-electron chi connectivity index (χ0n) is 9.40. The van der Waals surface area contributed by atoms with E-state index >= 15 is 0 Å². The summed E-state index contributed by atoms with van der Waals surface area (Å²) >= 11 is 0. The van der Waals surface area contributed by atoms with Gasteiger partial charge >= 0.3 is 0 Å². The molecule has 0 aliphatic carbocycles. The standard InChI is InChI=1S/C12H8F3NO2S/c13-8-2-1-3-10(6-8)19(17,18)16-12-7-9(14)4-5-11(12)15/h1-7,16H. The molecule has 0 aliphatic heterocycles. The molecule has 0 fully saturated rings. The number of hydrogen-bond donors (Lipinski definition) is 1. The summed E-state index contributed by atoms with van der Waals surface area (Å²) in [5, 5.41) is 0. The van der Waals surface area contributed by atoms with Crippen LogP contribution in [-0.4, -0.2) is 8.42 Å².